The summed E-state index contributed by atoms with van der Waals surface area (Å²) >= 11 is 5.85. The number of ether oxygens (including phenoxy) is 1. The SMILES string of the molecule is CC(C)OC(=O)c1cc2cc(Cl)ccc2n([O-])c1=N. The van der Waals surface area contributed by atoms with E-state index < -0.39 is 11.5 Å². The lowest BCUT2D eigenvalue weighted by molar-refractivity contribution is 0.0375. The molecular formula is C13H12ClN2O3-. The van der Waals surface area contributed by atoms with Gasteiger partial charge in [0.2, 0.25) is 0 Å². The largest absolute Gasteiger partial charge is 0.804 e. The van der Waals surface area contributed by atoms with Gasteiger partial charge in [-0.1, -0.05) is 11.6 Å². The Morgan fingerprint density at radius 2 is 2.11 bits per heavy atom. The van der Waals surface area contributed by atoms with Crippen LogP contribution in [0.2, 0.25) is 5.02 Å². The van der Waals surface area contributed by atoms with Crippen LogP contribution in [0, 0.1) is 10.6 Å². The van der Waals surface area contributed by atoms with Crippen molar-refractivity contribution in [2.45, 2.75) is 20.0 Å². The third kappa shape index (κ3) is 2.56. The number of carbonyl (C=O) groups is 1. The molecule has 0 bridgehead atoms. The predicted octanol–water partition coefficient (Wildman–Crippen LogP) is 2.69. The maximum atomic E-state index is 11.9. The van der Waals surface area contributed by atoms with Gasteiger partial charge in [-0.25, -0.2) is 4.79 Å². The normalized spacial score (nSPS) is 10.9. The fraction of sp³-hybridized carbons (Fsp3) is 0.231. The second-order valence-corrected chi connectivity index (χ2v) is 4.79. The molecule has 0 aliphatic heterocycles. The van der Waals surface area contributed by atoms with Gasteiger partial charge in [0.05, 0.1) is 6.10 Å². The zero-order chi connectivity index (χ0) is 14.2. The van der Waals surface area contributed by atoms with Crippen LogP contribution in [0.25, 0.3) is 10.9 Å². The van der Waals surface area contributed by atoms with Crippen molar-refractivity contribution in [2.75, 3.05) is 0 Å². The molecule has 0 radical (unpaired) electrons. The summed E-state index contributed by atoms with van der Waals surface area (Å²) in [6.07, 6.45) is -0.318. The highest BCUT2D eigenvalue weighted by Gasteiger charge is 2.13. The van der Waals surface area contributed by atoms with Crippen LogP contribution in [0.15, 0.2) is 24.3 Å². The number of rotatable bonds is 2. The second-order valence-electron chi connectivity index (χ2n) is 4.36. The molecule has 0 aliphatic rings. The Balaban J connectivity index is 2.66. The molecule has 6 heteroatoms. The Morgan fingerprint density at radius 3 is 2.74 bits per heavy atom. The maximum absolute atomic E-state index is 11.9. The summed E-state index contributed by atoms with van der Waals surface area (Å²) in [4.78, 5) is 11.8. The minimum atomic E-state index is -0.688. The average Bonchev–Trinajstić information content (AvgIpc) is 2.32. The van der Waals surface area contributed by atoms with E-state index in [-0.39, 0.29) is 17.2 Å². The first-order valence-electron chi connectivity index (χ1n) is 5.68. The van der Waals surface area contributed by atoms with Crippen LogP contribution in [0.5, 0.6) is 0 Å². The first-order chi connectivity index (χ1) is 8.90. The van der Waals surface area contributed by atoms with Crippen LogP contribution >= 0.6 is 11.6 Å². The zero-order valence-electron chi connectivity index (χ0n) is 10.4. The smallest absolute Gasteiger partial charge is 0.342 e. The van der Waals surface area contributed by atoms with E-state index in [1.165, 1.54) is 12.1 Å². The Kier molecular flexibility index (Phi) is 3.48. The van der Waals surface area contributed by atoms with Gasteiger partial charge in [0.1, 0.15) is 11.1 Å². The molecule has 0 amide bonds. The van der Waals surface area contributed by atoms with Crippen molar-refractivity contribution in [1.29, 1.82) is 5.41 Å². The van der Waals surface area contributed by atoms with E-state index in [9.17, 15) is 10.0 Å². The lowest BCUT2D eigenvalue weighted by Gasteiger charge is -2.17. The van der Waals surface area contributed by atoms with Gasteiger partial charge in [-0.3, -0.25) is 5.41 Å². The highest BCUT2D eigenvalue weighted by Crippen LogP contribution is 2.19. The van der Waals surface area contributed by atoms with Gasteiger partial charge in [0, 0.05) is 15.9 Å². The van der Waals surface area contributed by atoms with Gasteiger partial charge >= 0.3 is 5.97 Å². The molecule has 19 heavy (non-hydrogen) atoms. The lowest BCUT2D eigenvalue weighted by Crippen LogP contribution is -2.26. The van der Waals surface area contributed by atoms with Crippen LogP contribution in [-0.4, -0.2) is 16.8 Å². The highest BCUT2D eigenvalue weighted by molar-refractivity contribution is 6.31. The number of aromatic nitrogens is 1. The van der Waals surface area contributed by atoms with E-state index in [1.807, 2.05) is 0 Å². The van der Waals surface area contributed by atoms with Gasteiger partial charge in [0.25, 0.3) is 0 Å². The molecule has 0 atom stereocenters. The quantitative estimate of drug-likeness (QED) is 0.859. The van der Waals surface area contributed by atoms with Gasteiger partial charge in [-0.05, 0) is 38.1 Å². The third-order valence-corrected chi connectivity index (χ3v) is 2.76. The minimum absolute atomic E-state index is 0.0709. The van der Waals surface area contributed by atoms with Gasteiger partial charge in [0.15, 0.2) is 0 Å². The molecule has 0 unspecified atom stereocenters. The van der Waals surface area contributed by atoms with Crippen molar-refractivity contribution >= 4 is 28.5 Å². The summed E-state index contributed by atoms with van der Waals surface area (Å²) in [6.45, 7) is 3.40. The van der Waals surface area contributed by atoms with Gasteiger partial charge < -0.3 is 14.7 Å². The first-order valence-corrected chi connectivity index (χ1v) is 6.06. The van der Waals surface area contributed by atoms with Crippen molar-refractivity contribution in [2.24, 2.45) is 0 Å². The molecule has 0 saturated heterocycles. The number of hydrogen-bond donors (Lipinski definition) is 1. The molecule has 0 saturated carbocycles. The fourth-order valence-electron chi connectivity index (χ4n) is 1.71. The molecule has 1 aromatic carbocycles. The van der Waals surface area contributed by atoms with Crippen molar-refractivity contribution < 1.29 is 9.53 Å². The molecule has 2 rings (SSSR count). The number of esters is 1. The van der Waals surface area contributed by atoms with E-state index >= 15 is 0 Å². The van der Waals surface area contributed by atoms with Crippen LogP contribution in [0.1, 0.15) is 24.2 Å². The number of nitrogens with zero attached hydrogens (tertiary/aromatic N) is 1. The van der Waals surface area contributed by atoms with Crippen molar-refractivity contribution in [3.05, 3.63) is 45.5 Å². The number of carbonyl (C=O) groups excluding carboxylic acids is 1. The van der Waals surface area contributed by atoms with Crippen molar-refractivity contribution in [3.63, 3.8) is 0 Å². The standard InChI is InChI=1S/C13H12ClN2O3/c1-7(2)19-13(17)10-6-8-5-9(14)3-4-11(8)16(18)12(10)15/h3-7,15H,1-2H3/q-1. The molecule has 1 aromatic heterocycles. The van der Waals surface area contributed by atoms with E-state index in [1.54, 1.807) is 26.0 Å². The number of pyridine rings is 1. The fourth-order valence-corrected chi connectivity index (χ4v) is 1.89. The second kappa shape index (κ2) is 4.93. The Bertz CT molecular complexity index is 707. The van der Waals surface area contributed by atoms with Gasteiger partial charge in [-0.15, -0.1) is 0 Å². The topological polar surface area (TPSA) is 78.1 Å². The Morgan fingerprint density at radius 1 is 1.42 bits per heavy atom. The maximum Gasteiger partial charge on any atom is 0.342 e. The average molecular weight is 280 g/mol. The summed E-state index contributed by atoms with van der Waals surface area (Å²) in [5.74, 6) is -0.688. The number of nitrogens with one attached hydrogen (secondary N) is 1. The van der Waals surface area contributed by atoms with Crippen LogP contribution in [-0.2, 0) is 4.74 Å². The minimum Gasteiger partial charge on any atom is -0.804 e. The van der Waals surface area contributed by atoms with Gasteiger partial charge in [-0.2, -0.15) is 0 Å². The molecule has 0 aliphatic carbocycles. The first kappa shape index (κ1) is 13.4. The van der Waals surface area contributed by atoms with Crippen LogP contribution in [0.4, 0.5) is 0 Å². The van der Waals surface area contributed by atoms with E-state index in [0.717, 1.165) is 0 Å². The monoisotopic (exact) mass is 279 g/mol. The molecular weight excluding hydrogens is 268 g/mol. The van der Waals surface area contributed by atoms with Crippen LogP contribution < -0.4 is 5.49 Å². The molecule has 2 aromatic rings. The Hall–Kier alpha value is -2.01. The Labute approximate surface area is 114 Å². The molecule has 100 valence electrons. The summed E-state index contributed by atoms with van der Waals surface area (Å²) in [6, 6.07) is 6.09. The summed E-state index contributed by atoms with van der Waals surface area (Å²) in [7, 11) is 0. The molecule has 1 N–H and O–H groups in total. The zero-order valence-corrected chi connectivity index (χ0v) is 11.2. The molecule has 0 fully saturated rings. The lowest BCUT2D eigenvalue weighted by atomic mass is 10.1. The molecule has 5 nitrogen and oxygen atoms in total. The van der Waals surface area contributed by atoms with E-state index in [4.69, 9.17) is 21.7 Å². The molecule has 0 spiro atoms. The van der Waals surface area contributed by atoms with E-state index in [0.29, 0.717) is 15.1 Å². The number of halogens is 1. The third-order valence-electron chi connectivity index (χ3n) is 2.53. The van der Waals surface area contributed by atoms with Crippen LogP contribution in [0.3, 0.4) is 0 Å². The highest BCUT2D eigenvalue weighted by atomic mass is 35.5. The number of benzene rings is 1. The van der Waals surface area contributed by atoms with E-state index in [2.05, 4.69) is 0 Å². The summed E-state index contributed by atoms with van der Waals surface area (Å²) in [5.41, 5.74) is -0.213. The molecule has 1 heterocycles. The van der Waals surface area contributed by atoms with Crippen molar-refractivity contribution in [3.8, 4) is 0 Å². The summed E-state index contributed by atoms with van der Waals surface area (Å²) in [5, 5.41) is 20.6. The number of hydrogen-bond acceptors (Lipinski definition) is 4. The summed E-state index contributed by atoms with van der Waals surface area (Å²) < 4.78 is 5.40. The predicted molar refractivity (Wildman–Crippen MR) is 72.1 cm³/mol. The van der Waals surface area contributed by atoms with Crippen molar-refractivity contribution in [1.82, 2.24) is 4.73 Å². The number of fused-ring (bicyclic) bond motifs is 1.